The second kappa shape index (κ2) is 8.73. The number of imide groups is 1. The second-order valence-electron chi connectivity index (χ2n) is 6.14. The molecule has 3 rings (SSSR count). The Balaban J connectivity index is 2.00. The van der Waals surface area contributed by atoms with Crippen LogP contribution < -0.4 is 10.2 Å². The average Bonchev–Trinajstić information content (AvgIpc) is 2.96. The van der Waals surface area contributed by atoms with E-state index < -0.39 is 11.8 Å². The lowest BCUT2D eigenvalue weighted by atomic mass is 10.1. The van der Waals surface area contributed by atoms with E-state index in [9.17, 15) is 19.5 Å². The Bertz CT molecular complexity index is 1040. The number of thioether (sulfide) groups is 1. The molecule has 0 fully saturated rings. The molecule has 0 saturated carbocycles. The average molecular weight is 407 g/mol. The molecule has 0 aliphatic carbocycles. The largest absolute Gasteiger partial charge is 0.396 e. The van der Waals surface area contributed by atoms with E-state index in [1.165, 1.54) is 19.1 Å². The quantitative estimate of drug-likeness (QED) is 0.712. The van der Waals surface area contributed by atoms with Crippen molar-refractivity contribution >= 4 is 46.4 Å². The van der Waals surface area contributed by atoms with E-state index >= 15 is 0 Å². The number of benzene rings is 2. The minimum absolute atomic E-state index is 0.138. The van der Waals surface area contributed by atoms with Crippen LogP contribution in [0.25, 0.3) is 5.57 Å². The predicted molar refractivity (Wildman–Crippen MR) is 111 cm³/mol. The Hall–Kier alpha value is -3.41. The van der Waals surface area contributed by atoms with Crippen molar-refractivity contribution in [3.05, 3.63) is 64.6 Å². The summed E-state index contributed by atoms with van der Waals surface area (Å²) in [5, 5.41) is 20.8. The number of hydrogen-bond donors (Lipinski definition) is 2. The molecule has 146 valence electrons. The monoisotopic (exact) mass is 407 g/mol. The first-order chi connectivity index (χ1) is 14.0. The summed E-state index contributed by atoms with van der Waals surface area (Å²) in [6, 6.07) is 14.8. The van der Waals surface area contributed by atoms with Gasteiger partial charge in [-0.2, -0.15) is 5.26 Å². The lowest BCUT2D eigenvalue weighted by Gasteiger charge is -2.15. The highest BCUT2D eigenvalue weighted by Crippen LogP contribution is 2.38. The number of carbonyl (C=O) groups is 3. The van der Waals surface area contributed by atoms with E-state index in [-0.39, 0.29) is 28.7 Å². The Morgan fingerprint density at radius 1 is 1.10 bits per heavy atom. The van der Waals surface area contributed by atoms with Crippen LogP contribution in [0.4, 0.5) is 11.4 Å². The van der Waals surface area contributed by atoms with Crippen LogP contribution in [0.5, 0.6) is 0 Å². The van der Waals surface area contributed by atoms with Crippen LogP contribution >= 0.6 is 11.8 Å². The third-order valence-corrected chi connectivity index (χ3v) is 5.18. The predicted octanol–water partition coefficient (Wildman–Crippen LogP) is 2.53. The molecule has 0 spiro atoms. The van der Waals surface area contributed by atoms with Gasteiger partial charge in [-0.3, -0.25) is 14.4 Å². The molecule has 0 unspecified atom stereocenters. The van der Waals surface area contributed by atoms with Crippen LogP contribution in [0.3, 0.4) is 0 Å². The minimum Gasteiger partial charge on any atom is -0.396 e. The van der Waals surface area contributed by atoms with E-state index in [4.69, 9.17) is 5.26 Å². The third kappa shape index (κ3) is 4.21. The van der Waals surface area contributed by atoms with Crippen LogP contribution in [0.1, 0.15) is 18.1 Å². The number of aliphatic hydroxyl groups is 1. The van der Waals surface area contributed by atoms with Crippen molar-refractivity contribution in [2.75, 3.05) is 22.6 Å². The number of rotatable bonds is 6. The summed E-state index contributed by atoms with van der Waals surface area (Å²) in [5.74, 6) is -0.898. The maximum atomic E-state index is 13.1. The van der Waals surface area contributed by atoms with E-state index in [1.54, 1.807) is 36.4 Å². The third-order valence-electron chi connectivity index (χ3n) is 4.13. The first-order valence-electron chi connectivity index (χ1n) is 8.71. The van der Waals surface area contributed by atoms with Crippen molar-refractivity contribution in [1.82, 2.24) is 0 Å². The smallest absolute Gasteiger partial charge is 0.272 e. The summed E-state index contributed by atoms with van der Waals surface area (Å²) >= 11 is 1.12. The Morgan fingerprint density at radius 3 is 2.31 bits per heavy atom. The molecule has 2 N–H and O–H groups in total. The summed E-state index contributed by atoms with van der Waals surface area (Å²) < 4.78 is 0. The van der Waals surface area contributed by atoms with Gasteiger partial charge in [-0.25, -0.2) is 4.90 Å². The van der Waals surface area contributed by atoms with Crippen molar-refractivity contribution in [2.45, 2.75) is 6.92 Å². The number of nitrogens with one attached hydrogen (secondary N) is 1. The lowest BCUT2D eigenvalue weighted by Crippen LogP contribution is -2.31. The molecule has 3 amide bonds. The second-order valence-corrected chi connectivity index (χ2v) is 7.24. The summed E-state index contributed by atoms with van der Waals surface area (Å²) in [5.41, 5.74) is 2.14. The number of amides is 3. The number of carbonyl (C=O) groups excluding carboxylic acids is 3. The Labute approximate surface area is 171 Å². The molecule has 7 nitrogen and oxygen atoms in total. The molecule has 0 radical (unpaired) electrons. The molecule has 2 aromatic rings. The molecular weight excluding hydrogens is 390 g/mol. The first kappa shape index (κ1) is 20.3. The van der Waals surface area contributed by atoms with Gasteiger partial charge in [0.05, 0.1) is 34.4 Å². The molecule has 0 atom stereocenters. The molecule has 1 aliphatic heterocycles. The van der Waals surface area contributed by atoms with Crippen molar-refractivity contribution in [3.63, 3.8) is 0 Å². The Kier molecular flexibility index (Phi) is 6.12. The number of hydrogen-bond acceptors (Lipinski definition) is 6. The van der Waals surface area contributed by atoms with Gasteiger partial charge in [-0.05, 0) is 42.0 Å². The topological polar surface area (TPSA) is 110 Å². The maximum absolute atomic E-state index is 13.1. The van der Waals surface area contributed by atoms with Crippen molar-refractivity contribution < 1.29 is 19.5 Å². The summed E-state index contributed by atoms with van der Waals surface area (Å²) in [7, 11) is 0. The minimum atomic E-state index is -0.479. The molecule has 0 aromatic heterocycles. The molecule has 8 heteroatoms. The fraction of sp³-hybridized carbons (Fsp3) is 0.143. The van der Waals surface area contributed by atoms with Gasteiger partial charge < -0.3 is 10.4 Å². The zero-order valence-corrected chi connectivity index (χ0v) is 16.3. The lowest BCUT2D eigenvalue weighted by molar-refractivity contribution is -0.120. The van der Waals surface area contributed by atoms with Crippen LogP contribution in [-0.2, 0) is 14.4 Å². The van der Waals surface area contributed by atoms with Gasteiger partial charge in [-0.15, -0.1) is 11.8 Å². The summed E-state index contributed by atoms with van der Waals surface area (Å²) in [6.45, 7) is 1.26. The molecule has 1 aliphatic rings. The SMILES string of the molecule is CC(=O)Nc1ccc(C2=C(SCCO)C(=O)N(c3ccc(C#N)cc3)C2=O)cc1. The Morgan fingerprint density at radius 2 is 1.76 bits per heavy atom. The highest BCUT2D eigenvalue weighted by Gasteiger charge is 2.40. The standard InChI is InChI=1S/C21H17N3O4S/c1-13(26)23-16-6-4-15(5-7-16)18-19(29-11-10-25)21(28)24(20(18)27)17-8-2-14(12-22)3-9-17/h2-9,25H,10-11H2,1H3,(H,23,26). The highest BCUT2D eigenvalue weighted by molar-refractivity contribution is 8.04. The van der Waals surface area contributed by atoms with Crippen LogP contribution in [-0.4, -0.2) is 35.2 Å². The zero-order chi connectivity index (χ0) is 21.0. The maximum Gasteiger partial charge on any atom is 0.272 e. The van der Waals surface area contributed by atoms with Gasteiger partial charge in [0.1, 0.15) is 0 Å². The molecule has 0 bridgehead atoms. The van der Waals surface area contributed by atoms with Crippen molar-refractivity contribution in [1.29, 1.82) is 5.26 Å². The van der Waals surface area contributed by atoms with Crippen molar-refractivity contribution in [2.24, 2.45) is 0 Å². The normalized spacial score (nSPS) is 13.6. The number of anilines is 2. The summed E-state index contributed by atoms with van der Waals surface area (Å²) in [4.78, 5) is 38.7. The van der Waals surface area contributed by atoms with Gasteiger partial charge in [0.2, 0.25) is 5.91 Å². The van der Waals surface area contributed by atoms with Gasteiger partial charge in [-0.1, -0.05) is 12.1 Å². The van der Waals surface area contributed by atoms with Crippen LogP contribution in [0.2, 0.25) is 0 Å². The first-order valence-corrected chi connectivity index (χ1v) is 9.69. The van der Waals surface area contributed by atoms with Gasteiger partial charge >= 0.3 is 0 Å². The van der Waals surface area contributed by atoms with E-state index in [2.05, 4.69) is 5.32 Å². The van der Waals surface area contributed by atoms with E-state index in [0.717, 1.165) is 16.7 Å². The molecule has 2 aromatic carbocycles. The summed E-state index contributed by atoms with van der Waals surface area (Å²) in [6.07, 6.45) is 0. The van der Waals surface area contributed by atoms with Gasteiger partial charge in [0, 0.05) is 18.4 Å². The highest BCUT2D eigenvalue weighted by atomic mass is 32.2. The van der Waals surface area contributed by atoms with Crippen LogP contribution in [0.15, 0.2) is 53.4 Å². The van der Waals surface area contributed by atoms with Gasteiger partial charge in [0.15, 0.2) is 0 Å². The van der Waals surface area contributed by atoms with Crippen molar-refractivity contribution in [3.8, 4) is 6.07 Å². The number of nitriles is 1. The van der Waals surface area contributed by atoms with E-state index in [1.807, 2.05) is 6.07 Å². The molecular formula is C21H17N3O4S. The fourth-order valence-electron chi connectivity index (χ4n) is 2.89. The van der Waals surface area contributed by atoms with E-state index in [0.29, 0.717) is 22.5 Å². The molecule has 29 heavy (non-hydrogen) atoms. The molecule has 0 saturated heterocycles. The molecule has 1 heterocycles. The fourth-order valence-corrected chi connectivity index (χ4v) is 3.75. The number of aliphatic hydroxyl groups excluding tert-OH is 1. The number of nitrogens with zero attached hydrogens (tertiary/aromatic N) is 2. The van der Waals surface area contributed by atoms with Gasteiger partial charge in [0.25, 0.3) is 11.8 Å². The van der Waals surface area contributed by atoms with Crippen LogP contribution in [0, 0.1) is 11.3 Å². The zero-order valence-electron chi connectivity index (χ0n) is 15.5.